The van der Waals surface area contributed by atoms with E-state index in [1.54, 1.807) is 19.3 Å². The van der Waals surface area contributed by atoms with Gasteiger partial charge in [0, 0.05) is 19.3 Å². The van der Waals surface area contributed by atoms with Crippen molar-refractivity contribution >= 4 is 5.97 Å². The van der Waals surface area contributed by atoms with E-state index in [0.717, 1.165) is 64.1 Å². The molecule has 1 saturated carbocycles. The lowest BCUT2D eigenvalue weighted by atomic mass is 9.79. The quantitative estimate of drug-likeness (QED) is 0.828. The number of aliphatic hydroxyl groups is 1. The van der Waals surface area contributed by atoms with Crippen molar-refractivity contribution in [2.45, 2.75) is 64.0 Å². The third-order valence-electron chi connectivity index (χ3n) is 5.69. The minimum atomic E-state index is -0.533. The summed E-state index contributed by atoms with van der Waals surface area (Å²) in [6.07, 6.45) is 9.58. The Morgan fingerprint density at radius 3 is 2.88 bits per heavy atom. The second-order valence-corrected chi connectivity index (χ2v) is 7.87. The van der Waals surface area contributed by atoms with Crippen LogP contribution in [0.3, 0.4) is 0 Å². The molecule has 25 heavy (non-hydrogen) atoms. The highest BCUT2D eigenvalue weighted by molar-refractivity contribution is 5.88. The lowest BCUT2D eigenvalue weighted by Gasteiger charge is -2.41. The Bertz CT molecular complexity index is 578. The average Bonchev–Trinajstić information content (AvgIpc) is 3.08. The second kappa shape index (κ2) is 7.87. The summed E-state index contributed by atoms with van der Waals surface area (Å²) in [6.45, 7) is 7.11. The average molecular weight is 349 g/mol. The van der Waals surface area contributed by atoms with Crippen LogP contribution in [0.25, 0.3) is 0 Å². The molecule has 0 aromatic carbocycles. The lowest BCUT2D eigenvalue weighted by molar-refractivity contribution is -0.0421. The Balaban J connectivity index is 1.59. The Hall–Kier alpha value is -1.40. The largest absolute Gasteiger partial charge is 0.462 e. The van der Waals surface area contributed by atoms with Gasteiger partial charge >= 0.3 is 5.97 Å². The van der Waals surface area contributed by atoms with Gasteiger partial charge in [0.2, 0.25) is 0 Å². The fraction of sp³-hybridized carbons (Fsp3) is 0.789. The summed E-state index contributed by atoms with van der Waals surface area (Å²) in [6, 6.07) is 0.253. The van der Waals surface area contributed by atoms with Crippen LogP contribution in [0.4, 0.5) is 0 Å². The zero-order valence-electron chi connectivity index (χ0n) is 15.5. The summed E-state index contributed by atoms with van der Waals surface area (Å²) in [5.41, 5.74) is -0.0203. The maximum Gasteiger partial charge on any atom is 0.341 e. The third kappa shape index (κ3) is 4.61. The topological polar surface area (TPSA) is 67.6 Å². The van der Waals surface area contributed by atoms with Crippen LogP contribution in [0.2, 0.25) is 0 Å². The van der Waals surface area contributed by atoms with Crippen LogP contribution in [-0.2, 0) is 4.74 Å². The maximum atomic E-state index is 11.8. The van der Waals surface area contributed by atoms with Crippen molar-refractivity contribution in [3.05, 3.63) is 18.0 Å². The van der Waals surface area contributed by atoms with Gasteiger partial charge < -0.3 is 9.84 Å². The summed E-state index contributed by atoms with van der Waals surface area (Å²) in [5.74, 6) is 0.423. The molecule has 2 heterocycles. The molecule has 1 unspecified atom stereocenters. The molecule has 0 bridgehead atoms. The number of hydrogen-bond donors (Lipinski definition) is 1. The van der Waals surface area contributed by atoms with E-state index in [1.807, 2.05) is 4.68 Å². The minimum absolute atomic E-state index is 0.253. The van der Waals surface area contributed by atoms with E-state index in [4.69, 9.17) is 4.74 Å². The molecule has 6 heteroatoms. The van der Waals surface area contributed by atoms with Crippen molar-refractivity contribution in [1.82, 2.24) is 14.7 Å². The predicted octanol–water partition coefficient (Wildman–Crippen LogP) is 2.64. The number of piperidine rings is 1. The van der Waals surface area contributed by atoms with Crippen molar-refractivity contribution in [2.24, 2.45) is 5.92 Å². The van der Waals surface area contributed by atoms with Gasteiger partial charge in [0.25, 0.3) is 0 Å². The molecule has 140 valence electrons. The van der Waals surface area contributed by atoms with E-state index in [-0.39, 0.29) is 12.0 Å². The number of esters is 1. The van der Waals surface area contributed by atoms with Crippen molar-refractivity contribution in [2.75, 3.05) is 26.2 Å². The summed E-state index contributed by atoms with van der Waals surface area (Å²) >= 11 is 0. The second-order valence-electron chi connectivity index (χ2n) is 7.87. The first-order valence-corrected chi connectivity index (χ1v) is 9.65. The Morgan fingerprint density at radius 2 is 2.16 bits per heavy atom. The number of rotatable bonds is 5. The number of β-amino-alcohol motifs (C(OH)–C–C–N with tert-alkyl or cyclic N) is 1. The molecule has 0 amide bonds. The van der Waals surface area contributed by atoms with Crippen LogP contribution in [-0.4, -0.2) is 57.6 Å². The summed E-state index contributed by atoms with van der Waals surface area (Å²) < 4.78 is 6.93. The summed E-state index contributed by atoms with van der Waals surface area (Å²) in [5, 5.41) is 15.3. The Morgan fingerprint density at radius 1 is 1.40 bits per heavy atom. The molecule has 1 aliphatic carbocycles. The molecular formula is C19H31N3O3. The van der Waals surface area contributed by atoms with Gasteiger partial charge in [0.1, 0.15) is 0 Å². The number of carbonyl (C=O) groups excluding carboxylic acids is 1. The van der Waals surface area contributed by atoms with Crippen molar-refractivity contribution in [3.63, 3.8) is 0 Å². The number of likely N-dealkylation sites (tertiary alicyclic amines) is 1. The molecular weight excluding hydrogens is 318 g/mol. The van der Waals surface area contributed by atoms with E-state index in [0.29, 0.717) is 12.2 Å². The number of carbonyl (C=O) groups is 1. The highest BCUT2D eigenvalue weighted by Gasteiger charge is 2.35. The number of aromatic nitrogens is 2. The molecule has 1 atom stereocenters. The molecule has 3 rings (SSSR count). The monoisotopic (exact) mass is 349 g/mol. The van der Waals surface area contributed by atoms with Crippen LogP contribution < -0.4 is 0 Å². The summed E-state index contributed by atoms with van der Waals surface area (Å²) in [7, 11) is 0. The van der Waals surface area contributed by atoms with Gasteiger partial charge in [-0.3, -0.25) is 9.58 Å². The van der Waals surface area contributed by atoms with Gasteiger partial charge in [-0.1, -0.05) is 6.92 Å². The van der Waals surface area contributed by atoms with Gasteiger partial charge in [-0.05, 0) is 57.9 Å². The van der Waals surface area contributed by atoms with E-state index >= 15 is 0 Å². The molecule has 1 aromatic heterocycles. The first-order valence-electron chi connectivity index (χ1n) is 9.65. The molecule has 1 saturated heterocycles. The van der Waals surface area contributed by atoms with Crippen molar-refractivity contribution in [3.8, 4) is 0 Å². The molecule has 1 N–H and O–H groups in total. The van der Waals surface area contributed by atoms with Crippen LogP contribution >= 0.6 is 0 Å². The van der Waals surface area contributed by atoms with E-state index < -0.39 is 5.60 Å². The Kier molecular flexibility index (Phi) is 5.79. The first kappa shape index (κ1) is 18.4. The molecule has 2 aliphatic rings. The highest BCUT2D eigenvalue weighted by atomic mass is 16.5. The van der Waals surface area contributed by atoms with Crippen LogP contribution in [0, 0.1) is 5.92 Å². The molecule has 1 aliphatic heterocycles. The number of ether oxygens (including phenoxy) is 1. The first-order chi connectivity index (χ1) is 12.0. The maximum absolute atomic E-state index is 11.8. The number of nitrogens with zero attached hydrogens (tertiary/aromatic N) is 3. The number of hydrogen-bond acceptors (Lipinski definition) is 5. The molecule has 1 aromatic rings. The van der Waals surface area contributed by atoms with Gasteiger partial charge in [-0.25, -0.2) is 4.79 Å². The smallest absolute Gasteiger partial charge is 0.341 e. The van der Waals surface area contributed by atoms with Crippen LogP contribution in [0.15, 0.2) is 12.4 Å². The van der Waals surface area contributed by atoms with Crippen LogP contribution in [0.1, 0.15) is 68.8 Å². The van der Waals surface area contributed by atoms with E-state index in [9.17, 15) is 9.90 Å². The van der Waals surface area contributed by atoms with E-state index in [2.05, 4.69) is 16.9 Å². The van der Waals surface area contributed by atoms with Gasteiger partial charge in [-0.15, -0.1) is 0 Å². The predicted molar refractivity (Wildman–Crippen MR) is 95.5 cm³/mol. The molecule has 6 nitrogen and oxygen atoms in total. The fourth-order valence-corrected chi connectivity index (χ4v) is 4.12. The third-order valence-corrected chi connectivity index (χ3v) is 5.69. The normalized spacial score (nSPS) is 31.0. The van der Waals surface area contributed by atoms with E-state index in [1.165, 1.54) is 0 Å². The standard InChI is InChI=1S/C19H31N3O3/c1-3-25-18(23)16-11-20-22(12-16)17-5-4-10-21(13-17)14-19(24)8-6-15(2)7-9-19/h11-12,15,17,24H,3-10,13-14H2,1-2H3. The zero-order chi connectivity index (χ0) is 17.9. The zero-order valence-corrected chi connectivity index (χ0v) is 15.5. The Labute approximate surface area is 150 Å². The van der Waals surface area contributed by atoms with Gasteiger partial charge in [-0.2, -0.15) is 5.10 Å². The van der Waals surface area contributed by atoms with Crippen molar-refractivity contribution < 1.29 is 14.6 Å². The molecule has 0 radical (unpaired) electrons. The summed E-state index contributed by atoms with van der Waals surface area (Å²) in [4.78, 5) is 14.2. The van der Waals surface area contributed by atoms with Crippen LogP contribution in [0.5, 0.6) is 0 Å². The van der Waals surface area contributed by atoms with Gasteiger partial charge in [0.15, 0.2) is 0 Å². The van der Waals surface area contributed by atoms with Gasteiger partial charge in [0.05, 0.1) is 30.0 Å². The highest BCUT2D eigenvalue weighted by Crippen LogP contribution is 2.33. The lowest BCUT2D eigenvalue weighted by Crippen LogP contribution is -2.48. The molecule has 0 spiro atoms. The fourth-order valence-electron chi connectivity index (χ4n) is 4.12. The molecule has 2 fully saturated rings. The SMILES string of the molecule is CCOC(=O)c1cnn(C2CCCN(CC3(O)CCC(C)CC3)C2)c1. The van der Waals surface area contributed by atoms with Crippen molar-refractivity contribution in [1.29, 1.82) is 0 Å². The minimum Gasteiger partial charge on any atom is -0.462 e.